The maximum atomic E-state index is 5.56. The summed E-state index contributed by atoms with van der Waals surface area (Å²) in [6, 6.07) is 10.5. The fourth-order valence-corrected chi connectivity index (χ4v) is 2.72. The average Bonchev–Trinajstić information content (AvgIpc) is 2.75. The standard InChI is InChI=1S/C14H19N3S/c1-12-4-2-5-13(10-12)11-18-9-3-7-17-8-6-14(15)16-17/h2,4-6,8,10H,3,7,9,11H2,1H3,(H2,15,16). The van der Waals surface area contributed by atoms with E-state index in [-0.39, 0.29) is 0 Å². The van der Waals surface area contributed by atoms with Gasteiger partial charge in [-0.1, -0.05) is 29.8 Å². The third-order valence-electron chi connectivity index (χ3n) is 2.69. The molecular weight excluding hydrogens is 242 g/mol. The van der Waals surface area contributed by atoms with Crippen molar-refractivity contribution >= 4 is 17.6 Å². The van der Waals surface area contributed by atoms with Gasteiger partial charge in [0.05, 0.1) is 0 Å². The zero-order valence-corrected chi connectivity index (χ0v) is 11.5. The first-order valence-corrected chi connectivity index (χ1v) is 7.32. The highest BCUT2D eigenvalue weighted by Crippen LogP contribution is 2.14. The maximum absolute atomic E-state index is 5.56. The lowest BCUT2D eigenvalue weighted by Gasteiger charge is -2.03. The van der Waals surface area contributed by atoms with Crippen LogP contribution in [0.2, 0.25) is 0 Å². The number of aryl methyl sites for hydroxylation is 2. The minimum atomic E-state index is 0.599. The van der Waals surface area contributed by atoms with Crippen molar-refractivity contribution in [3.63, 3.8) is 0 Å². The molecule has 0 aliphatic carbocycles. The van der Waals surface area contributed by atoms with Crippen LogP contribution >= 0.6 is 11.8 Å². The van der Waals surface area contributed by atoms with Crippen molar-refractivity contribution in [3.05, 3.63) is 47.7 Å². The number of hydrogen-bond acceptors (Lipinski definition) is 3. The molecule has 0 aliphatic rings. The van der Waals surface area contributed by atoms with Crippen LogP contribution in [-0.4, -0.2) is 15.5 Å². The molecular formula is C14H19N3S. The fourth-order valence-electron chi connectivity index (χ4n) is 1.82. The molecule has 18 heavy (non-hydrogen) atoms. The Kier molecular flexibility index (Phi) is 4.70. The van der Waals surface area contributed by atoms with Crippen LogP contribution in [0.1, 0.15) is 17.5 Å². The molecule has 2 aromatic rings. The smallest absolute Gasteiger partial charge is 0.145 e. The molecule has 1 aromatic heterocycles. The number of nitrogens with two attached hydrogens (primary N) is 1. The maximum Gasteiger partial charge on any atom is 0.145 e. The van der Waals surface area contributed by atoms with E-state index < -0.39 is 0 Å². The molecule has 0 saturated carbocycles. The number of aromatic nitrogens is 2. The summed E-state index contributed by atoms with van der Waals surface area (Å²) in [5.74, 6) is 2.83. The lowest BCUT2D eigenvalue weighted by molar-refractivity contribution is 0.608. The molecule has 0 amide bonds. The summed E-state index contributed by atoms with van der Waals surface area (Å²) in [4.78, 5) is 0. The third kappa shape index (κ3) is 4.11. The highest BCUT2D eigenvalue weighted by molar-refractivity contribution is 7.98. The molecule has 0 aliphatic heterocycles. The lowest BCUT2D eigenvalue weighted by atomic mass is 10.2. The zero-order chi connectivity index (χ0) is 12.8. The number of benzene rings is 1. The van der Waals surface area contributed by atoms with E-state index in [9.17, 15) is 0 Å². The van der Waals surface area contributed by atoms with E-state index >= 15 is 0 Å². The van der Waals surface area contributed by atoms with Gasteiger partial charge in [-0.2, -0.15) is 16.9 Å². The van der Waals surface area contributed by atoms with Gasteiger partial charge in [-0.15, -0.1) is 0 Å². The molecule has 0 bridgehead atoms. The average molecular weight is 261 g/mol. The van der Waals surface area contributed by atoms with Gasteiger partial charge in [0, 0.05) is 18.5 Å². The number of nitrogens with zero attached hydrogens (tertiary/aromatic N) is 2. The Morgan fingerprint density at radius 1 is 1.33 bits per heavy atom. The Labute approximate surface area is 112 Å². The van der Waals surface area contributed by atoms with E-state index in [4.69, 9.17) is 5.73 Å². The van der Waals surface area contributed by atoms with Crippen LogP contribution in [0, 0.1) is 6.92 Å². The zero-order valence-electron chi connectivity index (χ0n) is 10.7. The van der Waals surface area contributed by atoms with Crippen molar-refractivity contribution in [1.82, 2.24) is 9.78 Å². The van der Waals surface area contributed by atoms with Crippen LogP contribution in [0.5, 0.6) is 0 Å². The van der Waals surface area contributed by atoms with Gasteiger partial charge < -0.3 is 5.73 Å². The highest BCUT2D eigenvalue weighted by Gasteiger charge is 1.96. The number of anilines is 1. The molecule has 96 valence electrons. The Hall–Kier alpha value is -1.42. The van der Waals surface area contributed by atoms with Crippen LogP contribution < -0.4 is 5.73 Å². The Morgan fingerprint density at radius 3 is 2.94 bits per heavy atom. The molecule has 1 aromatic carbocycles. The summed E-state index contributed by atoms with van der Waals surface area (Å²) in [6.45, 7) is 3.08. The summed E-state index contributed by atoms with van der Waals surface area (Å²) in [5.41, 5.74) is 8.30. The van der Waals surface area contributed by atoms with Crippen molar-refractivity contribution in [2.45, 2.75) is 25.6 Å². The van der Waals surface area contributed by atoms with Crippen LogP contribution in [-0.2, 0) is 12.3 Å². The first-order chi connectivity index (χ1) is 8.74. The van der Waals surface area contributed by atoms with E-state index in [1.54, 1.807) is 0 Å². The largest absolute Gasteiger partial charge is 0.382 e. The van der Waals surface area contributed by atoms with Crippen molar-refractivity contribution in [3.8, 4) is 0 Å². The summed E-state index contributed by atoms with van der Waals surface area (Å²) < 4.78 is 1.91. The molecule has 0 radical (unpaired) electrons. The van der Waals surface area contributed by atoms with Crippen molar-refractivity contribution < 1.29 is 0 Å². The molecule has 0 saturated heterocycles. The third-order valence-corrected chi connectivity index (χ3v) is 3.80. The fraction of sp³-hybridized carbons (Fsp3) is 0.357. The van der Waals surface area contributed by atoms with Gasteiger partial charge in [-0.3, -0.25) is 4.68 Å². The Balaban J connectivity index is 1.64. The summed E-state index contributed by atoms with van der Waals surface area (Å²) in [6.07, 6.45) is 3.05. The van der Waals surface area contributed by atoms with E-state index in [0.717, 1.165) is 24.5 Å². The second kappa shape index (κ2) is 6.50. The number of hydrogen-bond donors (Lipinski definition) is 1. The van der Waals surface area contributed by atoms with E-state index in [0.29, 0.717) is 5.82 Å². The predicted octanol–water partition coefficient (Wildman–Crippen LogP) is 3.10. The van der Waals surface area contributed by atoms with Crippen molar-refractivity contribution in [1.29, 1.82) is 0 Å². The summed E-state index contributed by atoms with van der Waals surface area (Å²) in [5, 5.41) is 4.16. The molecule has 1 heterocycles. The lowest BCUT2D eigenvalue weighted by Crippen LogP contribution is -2.00. The van der Waals surface area contributed by atoms with E-state index in [2.05, 4.69) is 36.3 Å². The molecule has 0 fully saturated rings. The van der Waals surface area contributed by atoms with E-state index in [1.807, 2.05) is 28.7 Å². The topological polar surface area (TPSA) is 43.8 Å². The molecule has 4 heteroatoms. The second-order valence-electron chi connectivity index (χ2n) is 4.40. The minimum absolute atomic E-state index is 0.599. The van der Waals surface area contributed by atoms with Crippen molar-refractivity contribution in [2.24, 2.45) is 0 Å². The monoisotopic (exact) mass is 261 g/mol. The number of thioether (sulfide) groups is 1. The van der Waals surface area contributed by atoms with Crippen LogP contribution in [0.4, 0.5) is 5.82 Å². The second-order valence-corrected chi connectivity index (χ2v) is 5.50. The number of rotatable bonds is 6. The minimum Gasteiger partial charge on any atom is -0.382 e. The van der Waals surface area contributed by atoms with Gasteiger partial charge in [0.1, 0.15) is 5.82 Å². The molecule has 2 rings (SSSR count). The first kappa shape index (κ1) is 13.0. The molecule has 0 spiro atoms. The van der Waals surface area contributed by atoms with Crippen LogP contribution in [0.25, 0.3) is 0 Å². The van der Waals surface area contributed by atoms with Gasteiger partial charge in [0.15, 0.2) is 0 Å². The Morgan fingerprint density at radius 2 is 2.22 bits per heavy atom. The highest BCUT2D eigenvalue weighted by atomic mass is 32.2. The predicted molar refractivity (Wildman–Crippen MR) is 78.6 cm³/mol. The molecule has 3 nitrogen and oxygen atoms in total. The quantitative estimate of drug-likeness (QED) is 0.813. The number of nitrogen functional groups attached to an aromatic ring is 1. The molecule has 0 unspecified atom stereocenters. The van der Waals surface area contributed by atoms with Crippen molar-refractivity contribution in [2.75, 3.05) is 11.5 Å². The SMILES string of the molecule is Cc1cccc(CSCCCn2ccc(N)n2)c1. The van der Waals surface area contributed by atoms with Gasteiger partial charge in [0.2, 0.25) is 0 Å². The molecule has 2 N–H and O–H groups in total. The Bertz CT molecular complexity index is 493. The van der Waals surface area contributed by atoms with E-state index in [1.165, 1.54) is 11.1 Å². The normalized spacial score (nSPS) is 10.7. The summed E-state index contributed by atoms with van der Waals surface area (Å²) >= 11 is 1.97. The van der Waals surface area contributed by atoms with Crippen LogP contribution in [0.3, 0.4) is 0 Å². The summed E-state index contributed by atoms with van der Waals surface area (Å²) in [7, 11) is 0. The van der Waals surface area contributed by atoms with Gasteiger partial charge in [-0.25, -0.2) is 0 Å². The first-order valence-electron chi connectivity index (χ1n) is 6.16. The van der Waals surface area contributed by atoms with Gasteiger partial charge in [0.25, 0.3) is 0 Å². The van der Waals surface area contributed by atoms with Gasteiger partial charge in [-0.05, 0) is 30.7 Å². The molecule has 0 atom stereocenters. The van der Waals surface area contributed by atoms with Crippen LogP contribution in [0.15, 0.2) is 36.5 Å². The van der Waals surface area contributed by atoms with Gasteiger partial charge >= 0.3 is 0 Å².